The molecule has 1 aliphatic rings. The molecule has 0 aliphatic carbocycles. The molecule has 0 spiro atoms. The fourth-order valence-corrected chi connectivity index (χ4v) is 4.16. The summed E-state index contributed by atoms with van der Waals surface area (Å²) in [4.78, 5) is 65.2. The molecular weight excluding hydrogens is 445 g/mol. The molecule has 3 rings (SSSR count). The number of rotatable bonds is 9. The maximum atomic E-state index is 13.5. The van der Waals surface area contributed by atoms with Crippen LogP contribution in [-0.4, -0.2) is 38.3 Å². The average Bonchev–Trinajstić information content (AvgIpc) is 3.04. The Kier molecular flexibility index (Phi) is 7.04. The number of nitrogen functional groups attached to an aromatic ring is 1. The first kappa shape index (κ1) is 24.9. The monoisotopic (exact) mass is 473 g/mol. The topological polar surface area (TPSA) is 136 Å². The quantitative estimate of drug-likeness (QED) is 0.418. The van der Waals surface area contributed by atoms with Crippen LogP contribution < -0.4 is 22.3 Å². The number of benzene rings is 1. The molecule has 11 heteroatoms. The van der Waals surface area contributed by atoms with Crippen molar-refractivity contribution in [1.29, 1.82) is 0 Å². The Labute approximate surface area is 195 Å². The van der Waals surface area contributed by atoms with Crippen molar-refractivity contribution < 1.29 is 18.8 Å². The number of carbonyl (C=O) groups excluding carboxylic acids is 3. The summed E-state index contributed by atoms with van der Waals surface area (Å²) < 4.78 is 15.4. The Morgan fingerprint density at radius 2 is 1.74 bits per heavy atom. The predicted octanol–water partition coefficient (Wildman–Crippen LogP) is 1.50. The Bertz CT molecular complexity index is 1250. The van der Waals surface area contributed by atoms with Crippen molar-refractivity contribution in [3.05, 3.63) is 62.0 Å². The summed E-state index contributed by atoms with van der Waals surface area (Å²) in [5.74, 6) is -2.34. The molecule has 1 aromatic heterocycles. The minimum absolute atomic E-state index is 0.187. The van der Waals surface area contributed by atoms with Gasteiger partial charge >= 0.3 is 11.7 Å². The summed E-state index contributed by atoms with van der Waals surface area (Å²) in [6, 6.07) is 4.41. The van der Waals surface area contributed by atoms with E-state index in [0.29, 0.717) is 18.4 Å². The van der Waals surface area contributed by atoms with Gasteiger partial charge in [-0.25, -0.2) is 14.0 Å². The molecule has 182 valence electrons. The number of ketones is 1. The molecule has 1 atom stereocenters. The first-order chi connectivity index (χ1) is 16.1. The highest BCUT2D eigenvalue weighted by Gasteiger charge is 2.52. The van der Waals surface area contributed by atoms with Crippen LogP contribution >= 0.6 is 0 Å². The molecule has 1 saturated heterocycles. The number of nitrogens with zero attached hydrogens (tertiary/aromatic N) is 3. The Morgan fingerprint density at radius 3 is 2.32 bits per heavy atom. The number of nitrogens with one attached hydrogen (secondary N) is 1. The second-order valence-corrected chi connectivity index (χ2v) is 8.32. The van der Waals surface area contributed by atoms with Gasteiger partial charge in [0.25, 0.3) is 11.5 Å². The Hall–Kier alpha value is -3.76. The lowest BCUT2D eigenvalue weighted by Crippen LogP contribution is -2.46. The van der Waals surface area contributed by atoms with Crippen molar-refractivity contribution in [3.8, 4) is 0 Å². The number of aromatic nitrogens is 2. The summed E-state index contributed by atoms with van der Waals surface area (Å²) in [5.41, 5.74) is 2.91. The number of unbranched alkanes of at least 4 members (excludes halogenated alkanes) is 1. The standard InChI is InChI=1S/C23H28FN5O5/c1-4-6-11-23(14-7-9-15(24)10-8-14)20(32)29(21(33)26-23)13-16(30)17-18(25)28(12-5-2)22(34)27(3)19(17)31/h7-10H,4-6,11-13,25H2,1-3H3,(H,26,33). The van der Waals surface area contributed by atoms with Crippen LogP contribution in [0.4, 0.5) is 15.0 Å². The number of nitrogens with two attached hydrogens (primary N) is 1. The fraction of sp³-hybridized carbons (Fsp3) is 0.435. The molecule has 0 saturated carbocycles. The van der Waals surface area contributed by atoms with Gasteiger partial charge in [0.15, 0.2) is 5.78 Å². The van der Waals surface area contributed by atoms with Crippen molar-refractivity contribution in [2.24, 2.45) is 7.05 Å². The van der Waals surface area contributed by atoms with Gasteiger partial charge in [-0.2, -0.15) is 0 Å². The van der Waals surface area contributed by atoms with Gasteiger partial charge in [-0.3, -0.25) is 28.4 Å². The molecule has 2 aromatic rings. The van der Waals surface area contributed by atoms with Crippen molar-refractivity contribution in [3.63, 3.8) is 0 Å². The van der Waals surface area contributed by atoms with Crippen LogP contribution in [0.1, 0.15) is 55.5 Å². The first-order valence-electron chi connectivity index (χ1n) is 11.1. The highest BCUT2D eigenvalue weighted by atomic mass is 19.1. The van der Waals surface area contributed by atoms with E-state index in [4.69, 9.17) is 5.73 Å². The van der Waals surface area contributed by atoms with Crippen molar-refractivity contribution in [2.45, 2.75) is 51.6 Å². The van der Waals surface area contributed by atoms with E-state index in [-0.39, 0.29) is 18.8 Å². The van der Waals surface area contributed by atoms with Crippen molar-refractivity contribution >= 4 is 23.5 Å². The van der Waals surface area contributed by atoms with E-state index >= 15 is 0 Å². The number of carbonyl (C=O) groups is 3. The third-order valence-corrected chi connectivity index (χ3v) is 6.03. The number of Topliss-reactive ketones (excluding diaryl/α,β-unsaturated/α-hetero) is 1. The highest BCUT2D eigenvalue weighted by molar-refractivity contribution is 6.12. The summed E-state index contributed by atoms with van der Waals surface area (Å²) in [6.45, 7) is 3.18. The third kappa shape index (κ3) is 4.13. The van der Waals surface area contributed by atoms with E-state index in [9.17, 15) is 28.4 Å². The van der Waals surface area contributed by atoms with E-state index in [1.807, 2.05) is 6.92 Å². The van der Waals surface area contributed by atoms with Gasteiger partial charge in [0.05, 0.1) is 6.54 Å². The predicted molar refractivity (Wildman–Crippen MR) is 123 cm³/mol. The normalized spacial score (nSPS) is 17.8. The zero-order valence-corrected chi connectivity index (χ0v) is 19.4. The molecule has 0 radical (unpaired) electrons. The number of urea groups is 1. The minimum Gasteiger partial charge on any atom is -0.384 e. The largest absolute Gasteiger partial charge is 0.384 e. The lowest BCUT2D eigenvalue weighted by Gasteiger charge is -2.27. The maximum Gasteiger partial charge on any atom is 0.332 e. The molecule has 1 aromatic carbocycles. The first-order valence-corrected chi connectivity index (χ1v) is 11.1. The molecule has 3 N–H and O–H groups in total. The maximum absolute atomic E-state index is 13.5. The van der Waals surface area contributed by atoms with E-state index in [1.165, 1.54) is 31.3 Å². The fourth-order valence-electron chi connectivity index (χ4n) is 4.16. The van der Waals surface area contributed by atoms with Crippen LogP contribution in [0, 0.1) is 5.82 Å². The van der Waals surface area contributed by atoms with E-state index in [1.54, 1.807) is 6.92 Å². The van der Waals surface area contributed by atoms with Gasteiger partial charge in [0.2, 0.25) is 0 Å². The smallest absolute Gasteiger partial charge is 0.332 e. The van der Waals surface area contributed by atoms with Crippen LogP contribution in [0.5, 0.6) is 0 Å². The number of anilines is 1. The average molecular weight is 474 g/mol. The Morgan fingerprint density at radius 1 is 1.09 bits per heavy atom. The SMILES string of the molecule is CCCCC1(c2ccc(F)cc2)NC(=O)N(CC(=O)c2c(N)n(CCC)c(=O)n(C)c2=O)C1=O. The summed E-state index contributed by atoms with van der Waals surface area (Å²) >= 11 is 0. The second kappa shape index (κ2) is 9.62. The minimum atomic E-state index is -1.46. The molecule has 0 bridgehead atoms. The van der Waals surface area contributed by atoms with Gasteiger partial charge in [-0.05, 0) is 30.5 Å². The van der Waals surface area contributed by atoms with Crippen molar-refractivity contribution in [1.82, 2.24) is 19.4 Å². The molecule has 10 nitrogen and oxygen atoms in total. The number of imide groups is 1. The number of amides is 3. The van der Waals surface area contributed by atoms with Crippen LogP contribution in [0.3, 0.4) is 0 Å². The van der Waals surface area contributed by atoms with Gasteiger partial charge in [0, 0.05) is 13.6 Å². The van der Waals surface area contributed by atoms with E-state index in [2.05, 4.69) is 5.32 Å². The van der Waals surface area contributed by atoms with Crippen LogP contribution in [0.15, 0.2) is 33.9 Å². The summed E-state index contributed by atoms with van der Waals surface area (Å²) in [5, 5.41) is 2.67. The number of halogens is 1. The summed E-state index contributed by atoms with van der Waals surface area (Å²) in [6.07, 6.45) is 2.09. The number of hydrogen-bond donors (Lipinski definition) is 2. The zero-order valence-electron chi connectivity index (χ0n) is 19.4. The zero-order chi connectivity index (χ0) is 25.2. The summed E-state index contributed by atoms with van der Waals surface area (Å²) in [7, 11) is 1.23. The number of hydrogen-bond acceptors (Lipinski definition) is 6. The highest BCUT2D eigenvalue weighted by Crippen LogP contribution is 2.34. The molecule has 1 fully saturated rings. The molecule has 1 aliphatic heterocycles. The van der Waals surface area contributed by atoms with E-state index in [0.717, 1.165) is 20.5 Å². The van der Waals surface area contributed by atoms with Crippen LogP contribution in [0.2, 0.25) is 0 Å². The second-order valence-electron chi connectivity index (χ2n) is 8.32. The van der Waals surface area contributed by atoms with Crippen LogP contribution in [-0.2, 0) is 23.9 Å². The van der Waals surface area contributed by atoms with Crippen molar-refractivity contribution in [2.75, 3.05) is 12.3 Å². The third-order valence-electron chi connectivity index (χ3n) is 6.03. The van der Waals surface area contributed by atoms with Crippen LogP contribution in [0.25, 0.3) is 0 Å². The lowest BCUT2D eigenvalue weighted by molar-refractivity contribution is -0.131. The van der Waals surface area contributed by atoms with Gasteiger partial charge in [-0.1, -0.05) is 38.8 Å². The molecule has 34 heavy (non-hydrogen) atoms. The Balaban J connectivity index is 2.01. The van der Waals surface area contributed by atoms with Gasteiger partial charge < -0.3 is 11.1 Å². The molecule has 2 heterocycles. The molecule has 1 unspecified atom stereocenters. The lowest BCUT2D eigenvalue weighted by atomic mass is 9.84. The molecular formula is C23H28FN5O5. The molecule has 3 amide bonds. The van der Waals surface area contributed by atoms with E-state index < -0.39 is 52.4 Å². The van der Waals surface area contributed by atoms with Gasteiger partial charge in [0.1, 0.15) is 22.7 Å². The van der Waals surface area contributed by atoms with Gasteiger partial charge in [-0.15, -0.1) is 0 Å².